The molecular formula is C26H31ClN8O4S. The first-order valence-corrected chi connectivity index (χ1v) is 15.0. The maximum atomic E-state index is 12.5. The number of nitrogens with two attached hydrogens (primary N) is 1. The summed E-state index contributed by atoms with van der Waals surface area (Å²) in [6.07, 6.45) is 3.87. The average Bonchev–Trinajstić information content (AvgIpc) is 3.30. The Labute approximate surface area is 237 Å². The van der Waals surface area contributed by atoms with E-state index in [0.29, 0.717) is 42.1 Å². The number of halogens is 1. The Balaban J connectivity index is 1.57. The molecule has 5 rings (SSSR count). The lowest BCUT2D eigenvalue weighted by Crippen LogP contribution is -2.35. The summed E-state index contributed by atoms with van der Waals surface area (Å²) in [5, 5.41) is 16.3. The van der Waals surface area contributed by atoms with E-state index in [2.05, 4.69) is 32.3 Å². The number of anilines is 2. The van der Waals surface area contributed by atoms with Crippen LogP contribution in [-0.4, -0.2) is 53.6 Å². The van der Waals surface area contributed by atoms with E-state index in [-0.39, 0.29) is 29.2 Å². The van der Waals surface area contributed by atoms with Crippen LogP contribution in [0.15, 0.2) is 51.6 Å². The lowest BCUT2D eigenvalue weighted by molar-refractivity contribution is 0.355. The Morgan fingerprint density at radius 3 is 2.55 bits per heavy atom. The summed E-state index contributed by atoms with van der Waals surface area (Å²) in [6.45, 7) is 4.90. The first kappa shape index (κ1) is 28.0. The second-order valence-corrected chi connectivity index (χ2v) is 13.0. The van der Waals surface area contributed by atoms with Crippen molar-refractivity contribution in [3.8, 4) is 11.5 Å². The molecule has 1 fully saturated rings. The molecule has 3 aromatic heterocycles. The first-order valence-electron chi connectivity index (χ1n) is 12.7. The topological polar surface area (TPSA) is 157 Å². The van der Waals surface area contributed by atoms with Gasteiger partial charge in [-0.15, -0.1) is 20.4 Å². The maximum absolute atomic E-state index is 12.5. The SMILES string of the molecule is CC1CC1CN(Cc1nnco1)c1cc(-c2nnc([C@](C)(N)Cc3ccccc3)o2)c(Cl)c(N(C)S(C)(=O)=O)n1. The van der Waals surface area contributed by atoms with E-state index < -0.39 is 15.6 Å². The van der Waals surface area contributed by atoms with E-state index in [1.54, 1.807) is 6.07 Å². The zero-order chi connectivity index (χ0) is 28.7. The zero-order valence-electron chi connectivity index (χ0n) is 22.7. The van der Waals surface area contributed by atoms with Crippen LogP contribution in [0.2, 0.25) is 5.02 Å². The highest BCUT2D eigenvalue weighted by molar-refractivity contribution is 7.92. The van der Waals surface area contributed by atoms with Gasteiger partial charge in [0, 0.05) is 13.6 Å². The molecular weight excluding hydrogens is 556 g/mol. The molecule has 3 atom stereocenters. The second kappa shape index (κ2) is 10.8. The van der Waals surface area contributed by atoms with Crippen LogP contribution in [-0.2, 0) is 28.5 Å². The van der Waals surface area contributed by atoms with Crippen LogP contribution < -0.4 is 14.9 Å². The van der Waals surface area contributed by atoms with Crippen LogP contribution in [0.3, 0.4) is 0 Å². The Bertz CT molecular complexity index is 1580. The largest absolute Gasteiger partial charge is 0.426 e. The van der Waals surface area contributed by atoms with Crippen molar-refractivity contribution in [2.24, 2.45) is 17.6 Å². The van der Waals surface area contributed by atoms with E-state index in [1.807, 2.05) is 42.2 Å². The van der Waals surface area contributed by atoms with E-state index in [4.69, 9.17) is 26.2 Å². The van der Waals surface area contributed by atoms with Crippen molar-refractivity contribution < 1.29 is 17.3 Å². The van der Waals surface area contributed by atoms with Crippen LogP contribution >= 0.6 is 11.6 Å². The molecule has 212 valence electrons. The van der Waals surface area contributed by atoms with Gasteiger partial charge in [-0.05, 0) is 43.2 Å². The molecule has 2 unspecified atom stereocenters. The number of hydrogen-bond acceptors (Lipinski definition) is 11. The standard InChI is InChI=1S/C26H31ClN8O4S/c1-16-10-18(16)13-35(14-21-31-29-15-38-21)20-11-19(22(27)23(30-20)34(3)40(4,36)37)24-32-33-25(39-24)26(2,28)12-17-8-6-5-7-9-17/h5-9,11,15-16,18H,10,12-14,28H2,1-4H3/t16?,18?,26-/m1/s1. The van der Waals surface area contributed by atoms with Crippen molar-refractivity contribution in [3.05, 3.63) is 65.2 Å². The fourth-order valence-corrected chi connectivity index (χ4v) is 5.25. The minimum absolute atomic E-state index is 0.0237. The van der Waals surface area contributed by atoms with Gasteiger partial charge in [0.25, 0.3) is 0 Å². The van der Waals surface area contributed by atoms with Gasteiger partial charge in [0.2, 0.25) is 34.1 Å². The minimum Gasteiger partial charge on any atom is -0.426 e. The van der Waals surface area contributed by atoms with Gasteiger partial charge in [0.1, 0.15) is 5.82 Å². The fraction of sp³-hybridized carbons (Fsp3) is 0.423. The molecule has 2 N–H and O–H groups in total. The van der Waals surface area contributed by atoms with Crippen molar-refractivity contribution >= 4 is 33.3 Å². The third-order valence-electron chi connectivity index (χ3n) is 7.07. The van der Waals surface area contributed by atoms with Crippen LogP contribution in [0.1, 0.15) is 37.6 Å². The van der Waals surface area contributed by atoms with Crippen LogP contribution in [0, 0.1) is 11.8 Å². The fourth-order valence-electron chi connectivity index (χ4n) is 4.45. The molecule has 0 aliphatic heterocycles. The number of nitrogens with zero attached hydrogens (tertiary/aromatic N) is 7. The lowest BCUT2D eigenvalue weighted by atomic mass is 9.94. The number of rotatable bonds is 11. The van der Waals surface area contributed by atoms with Crippen LogP contribution in [0.5, 0.6) is 0 Å². The van der Waals surface area contributed by atoms with Gasteiger partial charge in [-0.25, -0.2) is 13.4 Å². The van der Waals surface area contributed by atoms with Crippen molar-refractivity contribution in [2.75, 3.05) is 29.1 Å². The molecule has 12 nitrogen and oxygen atoms in total. The molecule has 14 heteroatoms. The van der Waals surface area contributed by atoms with Crippen LogP contribution in [0.25, 0.3) is 11.5 Å². The van der Waals surface area contributed by atoms with E-state index >= 15 is 0 Å². The molecule has 0 amide bonds. The normalized spacial score (nSPS) is 18.4. The highest BCUT2D eigenvalue weighted by Crippen LogP contribution is 2.42. The summed E-state index contributed by atoms with van der Waals surface area (Å²) in [7, 11) is -2.31. The number of pyridine rings is 1. The Morgan fingerprint density at radius 2 is 1.93 bits per heavy atom. The van der Waals surface area contributed by atoms with Gasteiger partial charge in [-0.2, -0.15) is 0 Å². The number of hydrogen-bond donors (Lipinski definition) is 1. The average molecular weight is 587 g/mol. The van der Waals surface area contributed by atoms with Crippen molar-refractivity contribution in [1.82, 2.24) is 25.4 Å². The van der Waals surface area contributed by atoms with Crippen molar-refractivity contribution in [1.29, 1.82) is 0 Å². The van der Waals surface area contributed by atoms with Crippen LogP contribution in [0.4, 0.5) is 11.6 Å². The van der Waals surface area contributed by atoms with Gasteiger partial charge in [-0.3, -0.25) is 4.31 Å². The van der Waals surface area contributed by atoms with Gasteiger partial charge in [-0.1, -0.05) is 48.9 Å². The third kappa shape index (κ3) is 6.11. The molecule has 1 saturated carbocycles. The number of sulfonamides is 1. The molecule has 0 radical (unpaired) electrons. The highest BCUT2D eigenvalue weighted by Gasteiger charge is 2.36. The van der Waals surface area contributed by atoms with E-state index in [9.17, 15) is 8.42 Å². The van der Waals surface area contributed by atoms with Gasteiger partial charge in [0.15, 0.2) is 5.82 Å². The quantitative estimate of drug-likeness (QED) is 0.273. The molecule has 3 heterocycles. The van der Waals surface area contributed by atoms with Crippen molar-refractivity contribution in [2.45, 2.75) is 38.8 Å². The second-order valence-electron chi connectivity index (χ2n) is 10.6. The number of aromatic nitrogens is 5. The molecule has 4 aromatic rings. The summed E-state index contributed by atoms with van der Waals surface area (Å²) in [5.74, 6) is 2.16. The molecule has 1 aliphatic rings. The summed E-state index contributed by atoms with van der Waals surface area (Å²) in [4.78, 5) is 6.62. The monoisotopic (exact) mass is 586 g/mol. The number of benzene rings is 1. The Kier molecular flexibility index (Phi) is 7.55. The predicted octanol–water partition coefficient (Wildman–Crippen LogP) is 3.64. The molecule has 1 aromatic carbocycles. The Morgan fingerprint density at radius 1 is 1.20 bits per heavy atom. The van der Waals surface area contributed by atoms with Crippen molar-refractivity contribution in [3.63, 3.8) is 0 Å². The summed E-state index contributed by atoms with van der Waals surface area (Å²) in [6, 6.07) is 11.5. The van der Waals surface area contributed by atoms with Gasteiger partial charge >= 0.3 is 0 Å². The Hall–Kier alpha value is -3.55. The minimum atomic E-state index is -3.70. The predicted molar refractivity (Wildman–Crippen MR) is 150 cm³/mol. The highest BCUT2D eigenvalue weighted by atomic mass is 35.5. The third-order valence-corrected chi connectivity index (χ3v) is 8.61. The molecule has 0 saturated heterocycles. The lowest BCUT2D eigenvalue weighted by Gasteiger charge is -2.26. The smallest absolute Gasteiger partial charge is 0.249 e. The van der Waals surface area contributed by atoms with E-state index in [1.165, 1.54) is 13.4 Å². The van der Waals surface area contributed by atoms with E-state index in [0.717, 1.165) is 22.5 Å². The van der Waals surface area contributed by atoms with Gasteiger partial charge in [0.05, 0.1) is 28.9 Å². The summed E-state index contributed by atoms with van der Waals surface area (Å²) < 4.78 is 37.5. The summed E-state index contributed by atoms with van der Waals surface area (Å²) >= 11 is 6.77. The summed E-state index contributed by atoms with van der Waals surface area (Å²) in [5.41, 5.74) is 6.98. The maximum Gasteiger partial charge on any atom is 0.249 e. The van der Waals surface area contributed by atoms with Gasteiger partial charge < -0.3 is 19.5 Å². The molecule has 1 aliphatic carbocycles. The molecule has 40 heavy (non-hydrogen) atoms. The molecule has 0 spiro atoms. The first-order chi connectivity index (χ1) is 18.9. The zero-order valence-corrected chi connectivity index (χ0v) is 24.2. The molecule has 0 bridgehead atoms.